The van der Waals surface area contributed by atoms with E-state index < -0.39 is 10.8 Å². The fraction of sp³-hybridized carbons (Fsp3) is 0.154. The van der Waals surface area contributed by atoms with Gasteiger partial charge >= 0.3 is 29.6 Å². The van der Waals surface area contributed by atoms with Crippen LogP contribution >= 0.6 is 11.6 Å². The molecule has 22 heavy (non-hydrogen) atoms. The topological polar surface area (TPSA) is 76.0 Å². The molecule has 6 nitrogen and oxygen atoms in total. The van der Waals surface area contributed by atoms with Gasteiger partial charge in [-0.15, -0.1) is 10.8 Å². The van der Waals surface area contributed by atoms with E-state index in [0.29, 0.717) is 22.1 Å². The molecule has 9 heteroatoms. The van der Waals surface area contributed by atoms with Crippen LogP contribution in [-0.2, 0) is 17.8 Å². The van der Waals surface area contributed by atoms with Gasteiger partial charge in [0.25, 0.3) is 5.91 Å². The first-order valence-corrected chi connectivity index (χ1v) is 8.02. The summed E-state index contributed by atoms with van der Waals surface area (Å²) in [6.07, 6.45) is 6.17. The van der Waals surface area contributed by atoms with E-state index in [1.54, 1.807) is 29.9 Å². The number of anilines is 3. The Bertz CT molecular complexity index is 716. The fourth-order valence-electron chi connectivity index (χ4n) is 1.80. The van der Waals surface area contributed by atoms with E-state index in [-0.39, 0.29) is 35.5 Å². The van der Waals surface area contributed by atoms with Crippen LogP contribution in [0.15, 0.2) is 24.4 Å². The number of aromatic nitrogens is 2. The number of aryl methyl sites for hydroxylation is 1. The molecule has 2 aromatic rings. The first kappa shape index (κ1) is 19.2. The molecule has 1 aliphatic rings. The van der Waals surface area contributed by atoms with E-state index in [9.17, 15) is 9.00 Å². The second-order valence-electron chi connectivity index (χ2n) is 4.37. The molecule has 0 radical (unpaired) electrons. The van der Waals surface area contributed by atoms with Crippen molar-refractivity contribution in [3.8, 4) is 0 Å². The number of nitrogens with one attached hydrogen (secondary N) is 2. The number of amides is 1. The van der Waals surface area contributed by atoms with Crippen molar-refractivity contribution >= 4 is 45.5 Å². The maximum absolute atomic E-state index is 11.9. The van der Waals surface area contributed by atoms with E-state index in [1.165, 1.54) is 12.5 Å². The van der Waals surface area contributed by atoms with Crippen LogP contribution in [0.5, 0.6) is 0 Å². The van der Waals surface area contributed by atoms with E-state index >= 15 is 0 Å². The fourth-order valence-corrected chi connectivity index (χ4v) is 1.97. The van der Waals surface area contributed by atoms with Crippen molar-refractivity contribution in [2.75, 3.05) is 16.9 Å². The number of benzene rings is 1. The Balaban J connectivity index is 0.000000436. The van der Waals surface area contributed by atoms with Gasteiger partial charge in [0.05, 0.1) is 17.6 Å². The van der Waals surface area contributed by atoms with Crippen molar-refractivity contribution in [1.82, 2.24) is 9.78 Å². The van der Waals surface area contributed by atoms with Gasteiger partial charge in [0, 0.05) is 12.1 Å². The molecule has 1 aromatic carbocycles. The third-order valence-corrected chi connectivity index (χ3v) is 2.90. The average molecular weight is 349 g/mol. The number of halogens is 1. The molecule has 0 saturated carbocycles. The summed E-state index contributed by atoms with van der Waals surface area (Å²) in [4.78, 5) is 11.9. The van der Waals surface area contributed by atoms with Gasteiger partial charge in [-0.1, -0.05) is 11.6 Å². The Hall–Kier alpha value is -0.860. The molecule has 1 atom stereocenters. The van der Waals surface area contributed by atoms with Crippen LogP contribution in [0.3, 0.4) is 0 Å². The molecular weight excluding hydrogens is 335 g/mol. The summed E-state index contributed by atoms with van der Waals surface area (Å²) in [5, 5.41) is 10.6. The number of carbonyl (C=O) groups is 1. The minimum atomic E-state index is -0.861. The number of hydrogen-bond acceptors (Lipinski definition) is 4. The molecule has 2 N–H and O–H groups in total. The minimum absolute atomic E-state index is 0. The van der Waals surface area contributed by atoms with Crippen molar-refractivity contribution in [2.45, 2.75) is 0 Å². The Morgan fingerprint density at radius 2 is 1.95 bits per heavy atom. The predicted molar refractivity (Wildman–Crippen MR) is 85.3 cm³/mol. The van der Waals surface area contributed by atoms with Gasteiger partial charge < -0.3 is 10.6 Å². The van der Waals surface area contributed by atoms with Gasteiger partial charge in [0.1, 0.15) is 11.4 Å². The Morgan fingerprint density at radius 3 is 2.59 bits per heavy atom. The molecule has 0 bridgehead atoms. The molecule has 3 rings (SSSR count). The van der Waals surface area contributed by atoms with Gasteiger partial charge in [-0.25, -0.2) is 0 Å². The van der Waals surface area contributed by atoms with Gasteiger partial charge in [-0.2, -0.15) is 5.10 Å². The molecule has 1 unspecified atom stereocenters. The second-order valence-corrected chi connectivity index (χ2v) is 5.96. The molecule has 0 saturated heterocycles. The van der Waals surface area contributed by atoms with Crippen molar-refractivity contribution in [3.63, 3.8) is 0 Å². The van der Waals surface area contributed by atoms with Crippen LogP contribution in [0.4, 0.5) is 17.2 Å². The minimum Gasteiger partial charge on any atom is -0.338 e. The quantitative estimate of drug-likeness (QED) is 0.499. The summed E-state index contributed by atoms with van der Waals surface area (Å²) >= 11 is 5.93. The molecule has 2 heterocycles. The molecule has 0 spiro atoms. The maximum Gasteiger partial charge on any atom is 1.00 e. The third-order valence-electron chi connectivity index (χ3n) is 2.67. The average Bonchev–Trinajstić information content (AvgIpc) is 2.66. The normalized spacial score (nSPS) is 13.0. The number of fused-ring (bicyclic) bond motifs is 2. The SMILES string of the molecule is Cn1ncc2c1Nc1cc(Cl)ccc1NC2=O.[CH2-]S(C)=O.[Na+]. The van der Waals surface area contributed by atoms with Crippen LogP contribution < -0.4 is 40.2 Å². The summed E-state index contributed by atoms with van der Waals surface area (Å²) in [6, 6.07) is 5.26. The van der Waals surface area contributed by atoms with E-state index in [4.69, 9.17) is 11.6 Å². The molecular formula is C13H14ClN4NaO2S. The zero-order chi connectivity index (χ0) is 15.6. The van der Waals surface area contributed by atoms with E-state index in [2.05, 4.69) is 22.0 Å². The van der Waals surface area contributed by atoms with Gasteiger partial charge in [-0.05, 0) is 24.5 Å². The van der Waals surface area contributed by atoms with Gasteiger partial charge in [0.2, 0.25) is 0 Å². The molecule has 1 aromatic heterocycles. The number of hydrogen-bond donors (Lipinski definition) is 2. The predicted octanol–water partition coefficient (Wildman–Crippen LogP) is -0.457. The van der Waals surface area contributed by atoms with Crippen LogP contribution in [-0.4, -0.2) is 26.2 Å². The monoisotopic (exact) mass is 348 g/mol. The summed E-state index contributed by atoms with van der Waals surface area (Å²) in [6.45, 7) is 0. The summed E-state index contributed by atoms with van der Waals surface area (Å²) in [5.74, 6) is 0.477. The van der Waals surface area contributed by atoms with Crippen molar-refractivity contribution in [3.05, 3.63) is 41.2 Å². The van der Waals surface area contributed by atoms with Gasteiger partial charge in [0.15, 0.2) is 0 Å². The van der Waals surface area contributed by atoms with Crippen molar-refractivity contribution in [2.24, 2.45) is 7.05 Å². The van der Waals surface area contributed by atoms with Crippen LogP contribution in [0.2, 0.25) is 5.02 Å². The summed E-state index contributed by atoms with van der Waals surface area (Å²) in [7, 11) is 0.911. The van der Waals surface area contributed by atoms with Crippen LogP contribution in [0.25, 0.3) is 0 Å². The zero-order valence-corrected chi connectivity index (χ0v) is 16.1. The van der Waals surface area contributed by atoms with Gasteiger partial charge in [-0.3, -0.25) is 19.9 Å². The molecule has 0 fully saturated rings. The second kappa shape index (κ2) is 8.12. The Labute approximate surface area is 158 Å². The summed E-state index contributed by atoms with van der Waals surface area (Å²) in [5.41, 5.74) is 1.98. The van der Waals surface area contributed by atoms with Crippen molar-refractivity contribution < 1.29 is 38.6 Å². The zero-order valence-electron chi connectivity index (χ0n) is 12.5. The number of nitrogens with zero attached hydrogens (tertiary/aromatic N) is 2. The van der Waals surface area contributed by atoms with E-state index in [0.717, 1.165) is 5.69 Å². The smallest absolute Gasteiger partial charge is 0.338 e. The Kier molecular flexibility index (Phi) is 7.08. The summed E-state index contributed by atoms with van der Waals surface area (Å²) < 4.78 is 11.1. The molecule has 1 amide bonds. The van der Waals surface area contributed by atoms with E-state index in [1.807, 2.05) is 0 Å². The molecule has 1 aliphatic heterocycles. The molecule has 0 aliphatic carbocycles. The third kappa shape index (κ3) is 4.57. The number of carbonyl (C=O) groups excluding carboxylic acids is 1. The maximum atomic E-state index is 11.9. The first-order chi connectivity index (χ1) is 9.88. The Morgan fingerprint density at radius 1 is 1.32 bits per heavy atom. The van der Waals surface area contributed by atoms with Crippen molar-refractivity contribution in [1.29, 1.82) is 0 Å². The number of rotatable bonds is 0. The largest absolute Gasteiger partial charge is 1.00 e. The van der Waals surface area contributed by atoms with Crippen LogP contribution in [0, 0.1) is 6.26 Å². The molecule has 112 valence electrons. The standard InChI is InChI=1S/C11H9ClN4O.C2H5OS.Na/c1-16-10-7(5-13-16)11(17)15-8-3-2-6(12)4-9(8)14-10;1-4(2)3;/h2-5,14H,1H3,(H,15,17);1H2,2H3;/q;-1;+1. The van der Waals surface area contributed by atoms with Crippen LogP contribution in [0.1, 0.15) is 10.4 Å². The first-order valence-electron chi connectivity index (χ1n) is 5.91.